The maximum atomic E-state index is 13.3. The molecule has 4 aromatic heterocycles. The van der Waals surface area contributed by atoms with Crippen LogP contribution in [0.4, 0.5) is 11.9 Å². The Morgan fingerprint density at radius 1 is 0.477 bits per heavy atom. The molecule has 4 heterocycles. The van der Waals surface area contributed by atoms with Crippen LogP contribution < -0.4 is 43.9 Å². The predicted octanol–water partition coefficient (Wildman–Crippen LogP) is 6.65. The predicted molar refractivity (Wildman–Crippen MR) is 490 cm³/mol. The number of Topliss-reactive ketones (excluding diaryl/α,β-unsaturated/α-hetero) is 4. The van der Waals surface area contributed by atoms with Gasteiger partial charge in [0.15, 0.2) is 0 Å². The topological polar surface area (TPSA) is 599 Å². The Bertz CT molecular complexity index is 4890. The number of amides is 4. The Labute approximate surface area is 767 Å². The van der Waals surface area contributed by atoms with E-state index in [9.17, 15) is 97.1 Å². The van der Waals surface area contributed by atoms with Crippen LogP contribution in [0.25, 0.3) is 22.1 Å². The zero-order valence-electron chi connectivity index (χ0n) is 73.5. The zero-order valence-corrected chi connectivity index (χ0v) is 76.7. The molecule has 8 unspecified atom stereocenters. The number of H-pyrrole nitrogens is 4. The van der Waals surface area contributed by atoms with Crippen molar-refractivity contribution in [2.75, 3.05) is 114 Å². The van der Waals surface area contributed by atoms with E-state index in [-0.39, 0.29) is 222 Å². The fourth-order valence-electron chi connectivity index (χ4n) is 13.7. The third-order valence-corrected chi connectivity index (χ3v) is 28.0. The Morgan fingerprint density at radius 3 is 1.27 bits per heavy atom. The van der Waals surface area contributed by atoms with Gasteiger partial charge >= 0.3 is 35.8 Å². The molecule has 2 aliphatic rings. The number of carbonyl (C=O) groups is 14. The summed E-state index contributed by atoms with van der Waals surface area (Å²) < 4.78 is 32.4. The number of thioether (sulfide) groups is 4. The number of nitrogens with zero attached hydrogens (tertiary/aromatic N) is 2. The molecule has 0 saturated heterocycles. The van der Waals surface area contributed by atoms with Crippen LogP contribution in [0, 0.1) is 23.7 Å². The number of carbonyl (C=O) groups excluding carboxylic acids is 10. The number of aryl methyl sites for hydroxylation is 4. The maximum Gasteiger partial charge on any atom is 0.328 e. The largest absolute Gasteiger partial charge is 0.481 e. The lowest BCUT2D eigenvalue weighted by Crippen LogP contribution is -2.42. The van der Waals surface area contributed by atoms with Crippen LogP contribution in [0.15, 0.2) is 70.5 Å². The third kappa shape index (κ3) is 37.8. The van der Waals surface area contributed by atoms with Crippen LogP contribution in [0.2, 0.25) is 0 Å². The van der Waals surface area contributed by atoms with Gasteiger partial charge in [0.25, 0.3) is 22.9 Å². The van der Waals surface area contributed by atoms with Crippen molar-refractivity contribution in [3.05, 3.63) is 115 Å². The van der Waals surface area contributed by atoms with Gasteiger partial charge in [-0.2, -0.15) is 33.5 Å². The van der Waals surface area contributed by atoms with Crippen molar-refractivity contribution in [1.82, 2.24) is 51.2 Å². The summed E-state index contributed by atoms with van der Waals surface area (Å²) in [7, 11) is 0. The number of hydrogen-bond donors (Lipinski definition) is 14. The second-order valence-corrected chi connectivity index (χ2v) is 36.5. The average molecular weight is 1890 g/mol. The first-order chi connectivity index (χ1) is 62.3. The number of ketones is 4. The van der Waals surface area contributed by atoms with Crippen LogP contribution >= 0.6 is 47.0 Å². The minimum Gasteiger partial charge on any atom is -0.481 e. The molecule has 0 bridgehead atoms. The number of fused-ring (bicyclic) bond motifs is 2. The van der Waals surface area contributed by atoms with Crippen molar-refractivity contribution in [2.45, 2.75) is 189 Å². The highest BCUT2D eigenvalue weighted by Gasteiger charge is 2.37. The van der Waals surface area contributed by atoms with Crippen molar-refractivity contribution in [3.63, 3.8) is 0 Å². The van der Waals surface area contributed by atoms with Gasteiger partial charge < -0.3 is 91.5 Å². The highest BCUT2D eigenvalue weighted by Crippen LogP contribution is 2.43. The first-order valence-electron chi connectivity index (χ1n) is 43.4. The minimum absolute atomic E-state index is 0.000393. The molecule has 2 aliphatic carbocycles. The molecule has 2 aromatic carbocycles. The summed E-state index contributed by atoms with van der Waals surface area (Å²) in [4.78, 5) is 216. The summed E-state index contributed by atoms with van der Waals surface area (Å²) in [5.41, 5.74) is 15.1. The molecular formula is C88H120N12O26S4. The number of ether oxygens (including phenoxy) is 6. The second kappa shape index (κ2) is 56.9. The van der Waals surface area contributed by atoms with Gasteiger partial charge in [-0.1, -0.05) is 38.1 Å². The minimum atomic E-state index is -1.25. The van der Waals surface area contributed by atoms with E-state index in [0.29, 0.717) is 89.7 Å². The van der Waals surface area contributed by atoms with E-state index in [0.717, 1.165) is 53.7 Å². The van der Waals surface area contributed by atoms with Gasteiger partial charge in [-0.15, -0.1) is 23.5 Å². The van der Waals surface area contributed by atoms with Crippen LogP contribution in [0.1, 0.15) is 173 Å². The van der Waals surface area contributed by atoms with Crippen LogP contribution in [0.3, 0.4) is 0 Å². The van der Waals surface area contributed by atoms with Gasteiger partial charge in [-0.3, -0.25) is 77.1 Å². The van der Waals surface area contributed by atoms with Crippen LogP contribution in [-0.2, 0) is 112 Å². The molecule has 38 nitrogen and oxygen atoms in total. The maximum absolute atomic E-state index is 13.3. The number of anilines is 2. The average Bonchev–Trinajstić information content (AvgIpc) is 1.66. The van der Waals surface area contributed by atoms with Crippen LogP contribution in [-0.4, -0.2) is 268 Å². The number of aromatic nitrogens is 6. The summed E-state index contributed by atoms with van der Waals surface area (Å²) in [6.45, 7) is 7.58. The highest BCUT2D eigenvalue weighted by atomic mass is 32.2. The second-order valence-electron chi connectivity index (χ2n) is 31.5. The first kappa shape index (κ1) is 107. The van der Waals surface area contributed by atoms with E-state index in [2.05, 4.69) is 51.2 Å². The normalized spacial score (nSPS) is 15.9. The molecule has 0 spiro atoms. The molecule has 10 atom stereocenters. The fourth-order valence-corrected chi connectivity index (χ4v) is 19.7. The molecule has 6 aromatic rings. The smallest absolute Gasteiger partial charge is 0.328 e. The Hall–Kier alpha value is -10.5. The van der Waals surface area contributed by atoms with E-state index >= 15 is 0 Å². The number of carboxylic acids is 4. The Morgan fingerprint density at radius 2 is 0.877 bits per heavy atom. The molecule has 16 N–H and O–H groups in total. The number of nitrogen functional groups attached to an aromatic ring is 2. The number of carboxylic acid groups (broad SMARTS) is 4. The molecular weight excluding hydrogens is 1770 g/mol. The van der Waals surface area contributed by atoms with E-state index in [4.69, 9.17) is 39.9 Å². The lowest BCUT2D eigenvalue weighted by molar-refractivity contribution is -0.149. The van der Waals surface area contributed by atoms with E-state index < -0.39 is 83.2 Å². The summed E-state index contributed by atoms with van der Waals surface area (Å²) in [5, 5.41) is 49.0. The molecule has 130 heavy (non-hydrogen) atoms. The molecule has 42 heteroatoms. The summed E-state index contributed by atoms with van der Waals surface area (Å²) in [6, 6.07) is 10.8. The van der Waals surface area contributed by atoms with Gasteiger partial charge in [-0.05, 0) is 161 Å². The van der Waals surface area contributed by atoms with Crippen molar-refractivity contribution in [1.29, 1.82) is 0 Å². The van der Waals surface area contributed by atoms with Crippen molar-refractivity contribution in [3.8, 4) is 0 Å². The van der Waals surface area contributed by atoms with Crippen molar-refractivity contribution < 1.29 is 116 Å². The number of nitrogens with two attached hydrogens (primary N) is 2. The standard InChI is InChI=1S/2C44H60N6O13S2/c1-3-34(42(58)59)64-24-30-10-12-35(30)65-25-31(22-32(52)15-18-61-17-14-26(2)51)39(55)46-16-19-62-20-21-63-43(60)33(11-13-36(53)54)48-40(56)28-7-4-27(5-8-28)6-9-29-23-47-38-37(29)41(57)50-44(45)49-38;1-3-34(64-24-30-10-12-35(30)65-25-31(42(58)59)22-32(52)15-18-61-17-14-26(2)51)40(56)46-16-19-62-20-21-63-43(60)33(11-13-36(53)54)48-39(55)28-7-4-27(5-8-28)6-9-29-23-47-38-37(29)41(57)50-44(45)49-38/h4-5,7-8,23,30-31,33-35H,3,6,9-22,24-25H2,1-2H3,(H,46,55)(H,48,56)(H,53,54)(H,58,59)(H4,45,47,49,50,57);4-5,7-8,23,30-31,33-35H,3,6,9-22,24-25H2,1-2H3,(H,46,56)(H,48,55)(H,53,54)(H,58,59)(H4,45,47,49,50,57)/t2*30?,31?,33-,34?,35?/m11/s1. The van der Waals surface area contributed by atoms with E-state index in [1.807, 2.05) is 13.8 Å². The molecule has 0 aliphatic heterocycles. The number of rotatable bonds is 64. The van der Waals surface area contributed by atoms with Gasteiger partial charge in [0.1, 0.15) is 65.0 Å². The molecule has 4 amide bonds. The first-order valence-corrected chi connectivity index (χ1v) is 47.6. The zero-order chi connectivity index (χ0) is 94.6. The Balaban J connectivity index is 0.000000356. The Kier molecular flexibility index (Phi) is 46.7. The number of nitrogens with one attached hydrogen (secondary N) is 8. The SMILES string of the molecule is CCC(SCC1CCC1SCC(CC(=O)CCOCCC(C)=O)C(=O)NCCOCCOC(=O)[C@@H](CCC(=O)O)NC(=O)c1ccc(CCc2c[nH]c3nc(N)[nH]c(=O)c23)cc1)C(=O)O.CCC(SCC1CCC1SCC(CC(=O)CCOCCC(C)=O)C(=O)O)C(=O)NCCOCCOC(=O)[C@@H](CCC(=O)O)NC(=O)c1ccc(CCc2c[nH]c3nc(N)[nH]c(=O)c23)cc1. The van der Waals surface area contributed by atoms with Gasteiger partial charge in [-0.25, -0.2) is 9.59 Å². The highest BCUT2D eigenvalue weighted by molar-refractivity contribution is 8.01. The molecule has 0 radical (unpaired) electrons. The van der Waals surface area contributed by atoms with E-state index in [1.165, 1.54) is 25.6 Å². The number of esters is 2. The van der Waals surface area contributed by atoms with Crippen molar-refractivity contribution >= 4 is 164 Å². The van der Waals surface area contributed by atoms with Crippen molar-refractivity contribution in [2.24, 2.45) is 23.7 Å². The lowest BCUT2D eigenvalue weighted by atomic mass is 9.86. The number of aromatic amines is 4. The lowest BCUT2D eigenvalue weighted by Gasteiger charge is -2.37. The number of hydrogen-bond acceptors (Lipinski definition) is 30. The fraction of sp³-hybridized carbons (Fsp3) is 0.568. The molecule has 2 saturated carbocycles. The summed E-state index contributed by atoms with van der Waals surface area (Å²) in [6.07, 6.45) is 10.00. The number of benzene rings is 2. The third-order valence-electron chi connectivity index (χ3n) is 21.6. The number of aliphatic carboxylic acids is 4. The van der Waals surface area contributed by atoms with Crippen LogP contribution in [0.5, 0.6) is 0 Å². The molecule has 8 rings (SSSR count). The van der Waals surface area contributed by atoms with Gasteiger partial charge in [0, 0.05) is 110 Å². The molecule has 712 valence electrons. The van der Waals surface area contributed by atoms with Gasteiger partial charge in [0.05, 0.1) is 80.7 Å². The van der Waals surface area contributed by atoms with Gasteiger partial charge in [0.2, 0.25) is 23.7 Å². The summed E-state index contributed by atoms with van der Waals surface area (Å²) >= 11 is 6.19. The van der Waals surface area contributed by atoms with E-state index in [1.54, 1.807) is 96.2 Å². The monoisotopic (exact) mass is 1890 g/mol. The summed E-state index contributed by atoms with van der Waals surface area (Å²) in [5.74, 6) is -6.35. The molecule has 2 fully saturated rings. The quantitative estimate of drug-likeness (QED) is 0.0140.